The maximum absolute atomic E-state index is 12.4. The largest absolute Gasteiger partial charge is 0.484 e. The average Bonchev–Trinajstić information content (AvgIpc) is 2.99. The molecule has 2 rings (SSSR count). The van der Waals surface area contributed by atoms with E-state index in [-0.39, 0.29) is 18.6 Å². The second-order valence-corrected chi connectivity index (χ2v) is 6.01. The van der Waals surface area contributed by atoms with Crippen molar-refractivity contribution in [3.05, 3.63) is 29.8 Å². The van der Waals surface area contributed by atoms with Gasteiger partial charge in [0.1, 0.15) is 5.75 Å². The van der Waals surface area contributed by atoms with Crippen LogP contribution in [0.2, 0.25) is 0 Å². The molecule has 5 heteroatoms. The van der Waals surface area contributed by atoms with Crippen molar-refractivity contribution in [2.75, 3.05) is 6.61 Å². The van der Waals surface area contributed by atoms with E-state index in [1.54, 1.807) is 24.3 Å². The molecule has 0 bridgehead atoms. The van der Waals surface area contributed by atoms with Crippen LogP contribution in [0.15, 0.2) is 24.3 Å². The monoisotopic (exact) mass is 304 g/mol. The van der Waals surface area contributed by atoms with Crippen LogP contribution < -0.4 is 10.5 Å². The van der Waals surface area contributed by atoms with Crippen LogP contribution in [-0.4, -0.2) is 35.4 Å². The van der Waals surface area contributed by atoms with Crippen LogP contribution in [-0.2, 0) is 4.79 Å². The summed E-state index contributed by atoms with van der Waals surface area (Å²) in [6, 6.07) is 7.02. The second-order valence-electron chi connectivity index (χ2n) is 6.01. The quantitative estimate of drug-likeness (QED) is 0.876. The molecule has 0 saturated heterocycles. The highest BCUT2D eigenvalue weighted by molar-refractivity contribution is 5.92. The van der Waals surface area contributed by atoms with Gasteiger partial charge >= 0.3 is 0 Å². The predicted octanol–water partition coefficient (Wildman–Crippen LogP) is 2.34. The summed E-state index contributed by atoms with van der Waals surface area (Å²) < 4.78 is 5.55. The van der Waals surface area contributed by atoms with Gasteiger partial charge < -0.3 is 15.4 Å². The molecule has 1 aliphatic carbocycles. The Bertz CT molecular complexity index is 519. The van der Waals surface area contributed by atoms with Gasteiger partial charge in [-0.15, -0.1) is 0 Å². The van der Waals surface area contributed by atoms with Crippen LogP contribution in [0, 0.1) is 0 Å². The summed E-state index contributed by atoms with van der Waals surface area (Å²) in [6.45, 7) is 4.10. The van der Waals surface area contributed by atoms with Crippen LogP contribution in [0.3, 0.4) is 0 Å². The highest BCUT2D eigenvalue weighted by Crippen LogP contribution is 2.25. The molecular weight excluding hydrogens is 280 g/mol. The predicted molar refractivity (Wildman–Crippen MR) is 84.7 cm³/mol. The highest BCUT2D eigenvalue weighted by Gasteiger charge is 2.28. The molecule has 1 saturated carbocycles. The zero-order valence-corrected chi connectivity index (χ0v) is 13.2. The molecule has 1 aromatic carbocycles. The van der Waals surface area contributed by atoms with Crippen LogP contribution in [0.4, 0.5) is 0 Å². The van der Waals surface area contributed by atoms with E-state index in [4.69, 9.17) is 10.5 Å². The summed E-state index contributed by atoms with van der Waals surface area (Å²) in [5, 5.41) is 0. The first-order valence-corrected chi connectivity index (χ1v) is 7.83. The lowest BCUT2D eigenvalue weighted by atomic mass is 10.1. The summed E-state index contributed by atoms with van der Waals surface area (Å²) in [6.07, 6.45) is 4.54. The van der Waals surface area contributed by atoms with E-state index in [0.29, 0.717) is 17.4 Å². The van der Waals surface area contributed by atoms with Crippen LogP contribution in [0.25, 0.3) is 0 Å². The molecule has 1 aliphatic rings. The van der Waals surface area contributed by atoms with Crippen molar-refractivity contribution < 1.29 is 14.3 Å². The van der Waals surface area contributed by atoms with Crippen molar-refractivity contribution >= 4 is 11.8 Å². The molecule has 0 unspecified atom stereocenters. The van der Waals surface area contributed by atoms with Gasteiger partial charge in [-0.25, -0.2) is 0 Å². The number of amides is 2. The maximum Gasteiger partial charge on any atom is 0.260 e. The molecule has 0 aliphatic heterocycles. The van der Waals surface area contributed by atoms with Gasteiger partial charge in [0, 0.05) is 17.6 Å². The van der Waals surface area contributed by atoms with Gasteiger partial charge in [-0.3, -0.25) is 9.59 Å². The molecule has 0 heterocycles. The third-order valence-electron chi connectivity index (χ3n) is 4.06. The zero-order valence-electron chi connectivity index (χ0n) is 13.2. The molecule has 0 spiro atoms. The number of nitrogens with zero attached hydrogens (tertiary/aromatic N) is 1. The Morgan fingerprint density at radius 1 is 1.23 bits per heavy atom. The Kier molecular flexibility index (Phi) is 5.41. The van der Waals surface area contributed by atoms with Crippen molar-refractivity contribution in [1.29, 1.82) is 0 Å². The van der Waals surface area contributed by atoms with Gasteiger partial charge in [-0.05, 0) is 51.0 Å². The number of carbonyl (C=O) groups is 2. The fourth-order valence-corrected chi connectivity index (χ4v) is 3.03. The molecule has 2 N–H and O–H groups in total. The van der Waals surface area contributed by atoms with Gasteiger partial charge in [-0.2, -0.15) is 0 Å². The summed E-state index contributed by atoms with van der Waals surface area (Å²) in [4.78, 5) is 25.4. The fourth-order valence-electron chi connectivity index (χ4n) is 3.03. The standard InChI is InChI=1S/C17H24N2O3/c1-12(2)19(14-5-3-4-6-14)16(20)11-22-15-9-7-13(8-10-15)17(18)21/h7-10,12,14H,3-6,11H2,1-2H3,(H2,18,21). The minimum Gasteiger partial charge on any atom is -0.484 e. The van der Waals surface area contributed by atoms with Gasteiger partial charge in [0.25, 0.3) is 5.91 Å². The van der Waals surface area contributed by atoms with E-state index < -0.39 is 5.91 Å². The number of rotatable bonds is 6. The number of nitrogens with two attached hydrogens (primary N) is 1. The van der Waals surface area contributed by atoms with E-state index in [0.717, 1.165) is 12.8 Å². The van der Waals surface area contributed by atoms with Crippen LogP contribution >= 0.6 is 0 Å². The Morgan fingerprint density at radius 3 is 2.32 bits per heavy atom. The minimum absolute atomic E-state index is 0.0147. The molecule has 0 atom stereocenters. The van der Waals surface area contributed by atoms with E-state index in [9.17, 15) is 9.59 Å². The van der Waals surface area contributed by atoms with Gasteiger partial charge in [0.15, 0.2) is 6.61 Å². The number of hydrogen-bond acceptors (Lipinski definition) is 3. The molecular formula is C17H24N2O3. The molecule has 120 valence electrons. The van der Waals surface area contributed by atoms with Crippen molar-refractivity contribution in [2.24, 2.45) is 5.73 Å². The Labute approximate surface area is 131 Å². The maximum atomic E-state index is 12.4. The van der Waals surface area contributed by atoms with Crippen LogP contribution in [0.5, 0.6) is 5.75 Å². The number of primary amides is 1. The Hall–Kier alpha value is -2.04. The molecule has 1 fully saturated rings. The van der Waals surface area contributed by atoms with Crippen molar-refractivity contribution in [1.82, 2.24) is 4.90 Å². The van der Waals surface area contributed by atoms with E-state index in [1.807, 2.05) is 18.7 Å². The van der Waals surface area contributed by atoms with Gasteiger partial charge in [0.2, 0.25) is 5.91 Å². The van der Waals surface area contributed by atoms with E-state index in [2.05, 4.69) is 0 Å². The summed E-state index contributed by atoms with van der Waals surface area (Å²) in [7, 11) is 0. The first-order valence-electron chi connectivity index (χ1n) is 7.83. The summed E-state index contributed by atoms with van der Waals surface area (Å²) in [5.41, 5.74) is 5.61. The molecule has 0 radical (unpaired) electrons. The lowest BCUT2D eigenvalue weighted by Crippen LogP contribution is -2.45. The van der Waals surface area contributed by atoms with Crippen molar-refractivity contribution in [3.63, 3.8) is 0 Å². The highest BCUT2D eigenvalue weighted by atomic mass is 16.5. The number of ether oxygens (including phenoxy) is 1. The smallest absolute Gasteiger partial charge is 0.260 e. The van der Waals surface area contributed by atoms with Crippen molar-refractivity contribution in [3.8, 4) is 5.75 Å². The van der Waals surface area contributed by atoms with Gasteiger partial charge in [-0.1, -0.05) is 12.8 Å². The van der Waals surface area contributed by atoms with E-state index >= 15 is 0 Å². The molecule has 2 amide bonds. The normalized spacial score (nSPS) is 15.0. The number of carbonyl (C=O) groups excluding carboxylic acids is 2. The first-order chi connectivity index (χ1) is 10.5. The molecule has 1 aromatic rings. The molecule has 0 aromatic heterocycles. The Morgan fingerprint density at radius 2 is 1.82 bits per heavy atom. The molecule has 22 heavy (non-hydrogen) atoms. The third-order valence-corrected chi connectivity index (χ3v) is 4.06. The van der Waals surface area contributed by atoms with Gasteiger partial charge in [0.05, 0.1) is 0 Å². The average molecular weight is 304 g/mol. The molecule has 5 nitrogen and oxygen atoms in total. The number of hydrogen-bond donors (Lipinski definition) is 1. The first kappa shape index (κ1) is 16.3. The minimum atomic E-state index is -0.477. The van der Waals surface area contributed by atoms with E-state index in [1.165, 1.54) is 12.8 Å². The second kappa shape index (κ2) is 7.29. The van der Waals surface area contributed by atoms with Crippen molar-refractivity contribution in [2.45, 2.75) is 51.6 Å². The SMILES string of the molecule is CC(C)N(C(=O)COc1ccc(C(N)=O)cc1)C1CCCC1. The number of benzene rings is 1. The summed E-state index contributed by atoms with van der Waals surface area (Å²) in [5.74, 6) is 0.101. The Balaban J connectivity index is 1.93. The summed E-state index contributed by atoms with van der Waals surface area (Å²) >= 11 is 0. The topological polar surface area (TPSA) is 72.6 Å². The zero-order chi connectivity index (χ0) is 16.1. The van der Waals surface area contributed by atoms with Crippen LogP contribution in [0.1, 0.15) is 49.9 Å². The lowest BCUT2D eigenvalue weighted by molar-refractivity contribution is -0.137. The lowest BCUT2D eigenvalue weighted by Gasteiger charge is -2.32. The fraction of sp³-hybridized carbons (Fsp3) is 0.529. The third kappa shape index (κ3) is 4.00.